The third-order valence-corrected chi connectivity index (χ3v) is 8.22. The number of nitrogens with zero attached hydrogens (tertiary/aromatic N) is 2. The summed E-state index contributed by atoms with van der Waals surface area (Å²) in [6, 6.07) is 14.9. The molecule has 1 saturated carbocycles. The summed E-state index contributed by atoms with van der Waals surface area (Å²) in [5.74, 6) is -0.296. The number of nitrogens with one attached hydrogen (secondary N) is 1. The van der Waals surface area contributed by atoms with Crippen LogP contribution >= 0.6 is 0 Å². The second kappa shape index (κ2) is 9.15. The van der Waals surface area contributed by atoms with Gasteiger partial charge in [0.05, 0.1) is 18.6 Å². The Bertz CT molecular complexity index is 1130. The Hall–Kier alpha value is -2.91. The lowest BCUT2D eigenvalue weighted by molar-refractivity contribution is -0.133. The Morgan fingerprint density at radius 2 is 1.79 bits per heavy atom. The van der Waals surface area contributed by atoms with Crippen LogP contribution in [-0.2, 0) is 19.6 Å². The molecule has 0 bridgehead atoms. The molecule has 0 aromatic heterocycles. The number of amides is 2. The first-order valence-corrected chi connectivity index (χ1v) is 12.5. The van der Waals surface area contributed by atoms with Crippen molar-refractivity contribution in [2.45, 2.75) is 49.1 Å². The summed E-state index contributed by atoms with van der Waals surface area (Å²) in [6.07, 6.45) is 3.82. The number of carbonyl (C=O) groups excluding carboxylic acids is 2. The van der Waals surface area contributed by atoms with E-state index in [1.165, 1.54) is 24.1 Å². The van der Waals surface area contributed by atoms with Crippen molar-refractivity contribution in [1.29, 1.82) is 0 Å². The van der Waals surface area contributed by atoms with Crippen LogP contribution in [-0.4, -0.2) is 56.3 Å². The van der Waals surface area contributed by atoms with Gasteiger partial charge in [-0.3, -0.25) is 14.5 Å². The van der Waals surface area contributed by atoms with E-state index in [1.807, 2.05) is 0 Å². The smallest absolute Gasteiger partial charge is 0.247 e. The summed E-state index contributed by atoms with van der Waals surface area (Å²) in [5.41, 5.74) is -0.952. The molecule has 0 spiro atoms. The number of methoxy groups -OCH3 is 1. The van der Waals surface area contributed by atoms with Gasteiger partial charge in [0.1, 0.15) is 11.3 Å². The molecule has 2 aromatic rings. The van der Waals surface area contributed by atoms with Gasteiger partial charge < -0.3 is 10.1 Å². The summed E-state index contributed by atoms with van der Waals surface area (Å²) in [4.78, 5) is 28.6. The first kappa shape index (κ1) is 23.3. The first-order valence-electron chi connectivity index (χ1n) is 11.1. The number of sulfonamides is 1. The van der Waals surface area contributed by atoms with E-state index >= 15 is 0 Å². The minimum atomic E-state index is -3.96. The van der Waals surface area contributed by atoms with E-state index in [2.05, 4.69) is 5.32 Å². The van der Waals surface area contributed by atoms with E-state index in [-0.39, 0.29) is 29.9 Å². The fourth-order valence-corrected chi connectivity index (χ4v) is 6.14. The molecular formula is C24H29N3O5S. The maximum atomic E-state index is 13.6. The molecule has 2 amide bonds. The molecule has 0 unspecified atom stereocenters. The number of piperazine rings is 1. The zero-order chi connectivity index (χ0) is 23.6. The molecule has 2 aromatic carbocycles. The number of hydrogen-bond donors (Lipinski definition) is 1. The molecule has 2 aliphatic rings. The van der Waals surface area contributed by atoms with Crippen molar-refractivity contribution >= 4 is 27.5 Å². The van der Waals surface area contributed by atoms with Gasteiger partial charge in [0.25, 0.3) is 0 Å². The van der Waals surface area contributed by atoms with Crippen molar-refractivity contribution in [1.82, 2.24) is 9.62 Å². The third-order valence-electron chi connectivity index (χ3n) is 6.41. The molecule has 8 nitrogen and oxygen atoms in total. The molecule has 0 radical (unpaired) electrons. The van der Waals surface area contributed by atoms with Crippen LogP contribution in [0.5, 0.6) is 5.75 Å². The van der Waals surface area contributed by atoms with Crippen LogP contribution in [0.15, 0.2) is 59.5 Å². The number of ether oxygens (including phenoxy) is 1. The Morgan fingerprint density at radius 1 is 1.09 bits per heavy atom. The zero-order valence-corrected chi connectivity index (χ0v) is 19.7. The van der Waals surface area contributed by atoms with Crippen LogP contribution in [0.25, 0.3) is 0 Å². The number of carbonyl (C=O) groups is 2. The van der Waals surface area contributed by atoms with Gasteiger partial charge in [-0.05, 0) is 44.0 Å². The largest absolute Gasteiger partial charge is 0.497 e. The lowest BCUT2D eigenvalue weighted by Crippen LogP contribution is -2.70. The quantitative estimate of drug-likeness (QED) is 0.699. The second-order valence-corrected chi connectivity index (χ2v) is 10.7. The predicted octanol–water partition coefficient (Wildman–Crippen LogP) is 2.55. The van der Waals surface area contributed by atoms with Crippen molar-refractivity contribution in [2.24, 2.45) is 0 Å². The van der Waals surface area contributed by atoms with Crippen LogP contribution < -0.4 is 15.0 Å². The van der Waals surface area contributed by atoms with Gasteiger partial charge in [-0.2, -0.15) is 4.31 Å². The lowest BCUT2D eigenvalue weighted by Gasteiger charge is -2.47. The number of hydrogen-bond acceptors (Lipinski definition) is 5. The summed E-state index contributed by atoms with van der Waals surface area (Å²) in [7, 11) is -2.44. The standard InChI is InChI=1S/C24H29N3O5S/c1-24(23(29)25-18-9-6-7-10-18)17-26(33(30,31)21-13-4-3-5-14-21)16-22(28)27(24)19-11-8-12-20(15-19)32-2/h3-5,8,11-15,18H,6-7,9-10,16-17H2,1-2H3,(H,25,29)/t24-/m1/s1. The molecule has 176 valence electrons. The molecule has 1 saturated heterocycles. The highest BCUT2D eigenvalue weighted by atomic mass is 32.2. The van der Waals surface area contributed by atoms with Gasteiger partial charge in [0, 0.05) is 24.3 Å². The zero-order valence-electron chi connectivity index (χ0n) is 18.9. The highest BCUT2D eigenvalue weighted by Crippen LogP contribution is 2.34. The SMILES string of the molecule is COc1cccc(N2C(=O)CN(S(=O)(=O)c3ccccc3)C[C@]2(C)C(=O)NC2CCCC2)c1. The van der Waals surface area contributed by atoms with Crippen LogP contribution in [0.4, 0.5) is 5.69 Å². The summed E-state index contributed by atoms with van der Waals surface area (Å²) >= 11 is 0. The second-order valence-electron chi connectivity index (χ2n) is 8.75. The van der Waals surface area contributed by atoms with Gasteiger partial charge in [-0.15, -0.1) is 0 Å². The molecule has 1 aliphatic carbocycles. The first-order chi connectivity index (χ1) is 15.8. The van der Waals surface area contributed by atoms with E-state index in [9.17, 15) is 18.0 Å². The molecule has 2 fully saturated rings. The Morgan fingerprint density at radius 3 is 2.45 bits per heavy atom. The maximum absolute atomic E-state index is 13.6. The van der Waals surface area contributed by atoms with Crippen LogP contribution in [0.3, 0.4) is 0 Å². The monoisotopic (exact) mass is 471 g/mol. The Labute approximate surface area is 194 Å². The molecule has 1 atom stereocenters. The molecule has 9 heteroatoms. The lowest BCUT2D eigenvalue weighted by atomic mass is 9.94. The van der Waals surface area contributed by atoms with Gasteiger partial charge in [-0.1, -0.05) is 37.1 Å². The summed E-state index contributed by atoms with van der Waals surface area (Å²) in [5, 5.41) is 3.06. The van der Waals surface area contributed by atoms with Gasteiger partial charge in [0.2, 0.25) is 21.8 Å². The van der Waals surface area contributed by atoms with Crippen LogP contribution in [0.2, 0.25) is 0 Å². The van der Waals surface area contributed by atoms with Crippen molar-refractivity contribution in [3.63, 3.8) is 0 Å². The number of rotatable bonds is 6. The van der Waals surface area contributed by atoms with Crippen molar-refractivity contribution in [3.8, 4) is 5.75 Å². The van der Waals surface area contributed by atoms with Gasteiger partial charge >= 0.3 is 0 Å². The van der Waals surface area contributed by atoms with Crippen LogP contribution in [0, 0.1) is 0 Å². The maximum Gasteiger partial charge on any atom is 0.247 e. The minimum absolute atomic E-state index is 0.0256. The molecule has 33 heavy (non-hydrogen) atoms. The number of benzene rings is 2. The molecule has 1 aliphatic heterocycles. The summed E-state index contributed by atoms with van der Waals surface area (Å²) < 4.78 is 33.1. The average Bonchev–Trinajstić information content (AvgIpc) is 3.32. The third kappa shape index (κ3) is 4.47. The Kier molecular flexibility index (Phi) is 6.45. The molecule has 1 N–H and O–H groups in total. The van der Waals surface area contributed by atoms with Gasteiger partial charge in [-0.25, -0.2) is 8.42 Å². The fraction of sp³-hybridized carbons (Fsp3) is 0.417. The highest BCUT2D eigenvalue weighted by molar-refractivity contribution is 7.89. The van der Waals surface area contributed by atoms with Crippen molar-refractivity contribution < 1.29 is 22.7 Å². The highest BCUT2D eigenvalue weighted by Gasteiger charge is 2.51. The molecule has 4 rings (SSSR count). The Balaban J connectivity index is 1.74. The van der Waals surface area contributed by atoms with E-state index in [1.54, 1.807) is 49.4 Å². The minimum Gasteiger partial charge on any atom is -0.497 e. The van der Waals surface area contributed by atoms with E-state index in [0.29, 0.717) is 11.4 Å². The number of anilines is 1. The molecular weight excluding hydrogens is 442 g/mol. The van der Waals surface area contributed by atoms with E-state index in [0.717, 1.165) is 30.0 Å². The predicted molar refractivity (Wildman–Crippen MR) is 124 cm³/mol. The topological polar surface area (TPSA) is 96.0 Å². The average molecular weight is 472 g/mol. The van der Waals surface area contributed by atoms with E-state index < -0.39 is 21.5 Å². The normalized spacial score (nSPS) is 22.4. The summed E-state index contributed by atoms with van der Waals surface area (Å²) in [6.45, 7) is 1.10. The van der Waals surface area contributed by atoms with Crippen molar-refractivity contribution in [2.75, 3.05) is 25.1 Å². The fourth-order valence-electron chi connectivity index (χ4n) is 4.64. The van der Waals surface area contributed by atoms with Crippen LogP contribution in [0.1, 0.15) is 32.6 Å². The van der Waals surface area contributed by atoms with Crippen molar-refractivity contribution in [3.05, 3.63) is 54.6 Å². The van der Waals surface area contributed by atoms with E-state index in [4.69, 9.17) is 4.74 Å². The molecule has 1 heterocycles. The van der Waals surface area contributed by atoms with Gasteiger partial charge in [0.15, 0.2) is 0 Å².